The van der Waals surface area contributed by atoms with E-state index in [1.807, 2.05) is 0 Å². The Hall–Kier alpha value is -1.66. The minimum atomic E-state index is -0.474. The number of alkyl halides is 1. The Morgan fingerprint density at radius 3 is 2.89 bits per heavy atom. The summed E-state index contributed by atoms with van der Waals surface area (Å²) in [7, 11) is 0. The Morgan fingerprint density at radius 1 is 1.44 bits per heavy atom. The second-order valence-corrected chi connectivity index (χ2v) is 4.20. The van der Waals surface area contributed by atoms with E-state index in [4.69, 9.17) is 23.2 Å². The lowest BCUT2D eigenvalue weighted by atomic mass is 10.2. The third-order valence-electron chi connectivity index (χ3n) is 2.38. The molecule has 0 aliphatic rings. The van der Waals surface area contributed by atoms with Crippen molar-refractivity contribution < 1.29 is 4.92 Å². The van der Waals surface area contributed by atoms with Crippen LogP contribution >= 0.6 is 23.2 Å². The van der Waals surface area contributed by atoms with E-state index in [1.54, 1.807) is 12.1 Å². The summed E-state index contributed by atoms with van der Waals surface area (Å²) in [4.78, 5) is 14.4. The Balaban J connectivity index is 2.37. The van der Waals surface area contributed by atoms with E-state index in [2.05, 4.69) is 10.1 Å². The molecule has 2 aromatic rings. The number of halogens is 2. The molecule has 0 spiro atoms. The fraction of sp³-hybridized carbons (Fsp3) is 0.200. The highest BCUT2D eigenvalue weighted by Crippen LogP contribution is 2.24. The van der Waals surface area contributed by atoms with Crippen molar-refractivity contribution in [2.45, 2.75) is 12.4 Å². The minimum absolute atomic E-state index is 0.0430. The molecule has 18 heavy (non-hydrogen) atoms. The van der Waals surface area contributed by atoms with Crippen molar-refractivity contribution in [2.75, 3.05) is 0 Å². The van der Waals surface area contributed by atoms with Gasteiger partial charge in [0.05, 0.1) is 22.9 Å². The molecule has 0 fully saturated rings. The van der Waals surface area contributed by atoms with E-state index in [-0.39, 0.29) is 18.1 Å². The van der Waals surface area contributed by atoms with Gasteiger partial charge >= 0.3 is 0 Å². The van der Waals surface area contributed by atoms with Crippen LogP contribution in [0.2, 0.25) is 5.02 Å². The molecule has 94 valence electrons. The summed E-state index contributed by atoms with van der Waals surface area (Å²) >= 11 is 11.4. The first-order valence-corrected chi connectivity index (χ1v) is 5.88. The minimum Gasteiger partial charge on any atom is -0.258 e. The first-order chi connectivity index (χ1) is 8.61. The molecular formula is C10H8Cl2N4O2. The molecule has 2 rings (SSSR count). The SMILES string of the molecule is O=[N+]([O-])c1cc(Cl)ccc1Cn1ncnc1CCl. The van der Waals surface area contributed by atoms with Gasteiger partial charge in [0.15, 0.2) is 0 Å². The summed E-state index contributed by atoms with van der Waals surface area (Å²) in [5, 5.41) is 15.2. The fourth-order valence-corrected chi connectivity index (χ4v) is 1.90. The molecule has 1 aromatic carbocycles. The Kier molecular flexibility index (Phi) is 3.78. The van der Waals surface area contributed by atoms with Crippen LogP contribution in [0.15, 0.2) is 24.5 Å². The van der Waals surface area contributed by atoms with Crippen LogP contribution in [0.3, 0.4) is 0 Å². The Morgan fingerprint density at radius 2 is 2.22 bits per heavy atom. The van der Waals surface area contributed by atoms with E-state index in [1.165, 1.54) is 17.1 Å². The highest BCUT2D eigenvalue weighted by molar-refractivity contribution is 6.30. The fourth-order valence-electron chi connectivity index (χ4n) is 1.53. The number of nitro groups is 1. The lowest BCUT2D eigenvalue weighted by Gasteiger charge is -2.05. The number of rotatable bonds is 4. The summed E-state index contributed by atoms with van der Waals surface area (Å²) < 4.78 is 1.52. The first kappa shape index (κ1) is 12.8. The molecule has 1 aromatic heterocycles. The predicted molar refractivity (Wildman–Crippen MR) is 66.8 cm³/mol. The van der Waals surface area contributed by atoms with Crippen molar-refractivity contribution in [1.82, 2.24) is 14.8 Å². The van der Waals surface area contributed by atoms with Crippen molar-refractivity contribution in [3.8, 4) is 0 Å². The van der Waals surface area contributed by atoms with Gasteiger partial charge in [-0.3, -0.25) is 10.1 Å². The molecule has 0 saturated heterocycles. The third kappa shape index (κ3) is 2.60. The molecule has 0 amide bonds. The Bertz CT molecular complexity index is 585. The van der Waals surface area contributed by atoms with Gasteiger partial charge in [0.2, 0.25) is 0 Å². The van der Waals surface area contributed by atoms with E-state index in [0.717, 1.165) is 0 Å². The van der Waals surface area contributed by atoms with Gasteiger partial charge in [0.1, 0.15) is 12.2 Å². The largest absolute Gasteiger partial charge is 0.275 e. The van der Waals surface area contributed by atoms with E-state index >= 15 is 0 Å². The smallest absolute Gasteiger partial charge is 0.258 e. The zero-order valence-corrected chi connectivity index (χ0v) is 10.6. The number of hydrogen-bond donors (Lipinski definition) is 0. The average molecular weight is 287 g/mol. The molecule has 8 heteroatoms. The second kappa shape index (κ2) is 5.32. The topological polar surface area (TPSA) is 73.8 Å². The highest BCUT2D eigenvalue weighted by atomic mass is 35.5. The molecule has 0 aliphatic heterocycles. The van der Waals surface area contributed by atoms with Gasteiger partial charge in [0.25, 0.3) is 5.69 Å². The van der Waals surface area contributed by atoms with Crippen LogP contribution in [0.1, 0.15) is 11.4 Å². The zero-order valence-electron chi connectivity index (χ0n) is 9.08. The van der Waals surface area contributed by atoms with Crippen LogP contribution in [-0.4, -0.2) is 19.7 Å². The van der Waals surface area contributed by atoms with Crippen LogP contribution < -0.4 is 0 Å². The standard InChI is InChI=1S/C10H8Cl2N4O2/c11-4-10-13-6-14-15(10)5-7-1-2-8(12)3-9(7)16(17)18/h1-3,6H,4-5H2. The molecular weight excluding hydrogens is 279 g/mol. The highest BCUT2D eigenvalue weighted by Gasteiger charge is 2.16. The van der Waals surface area contributed by atoms with Crippen molar-refractivity contribution in [3.63, 3.8) is 0 Å². The van der Waals surface area contributed by atoms with Gasteiger partial charge in [-0.1, -0.05) is 11.6 Å². The lowest BCUT2D eigenvalue weighted by molar-refractivity contribution is -0.385. The van der Waals surface area contributed by atoms with Gasteiger partial charge in [-0.25, -0.2) is 9.67 Å². The van der Waals surface area contributed by atoms with E-state index in [9.17, 15) is 10.1 Å². The van der Waals surface area contributed by atoms with Crippen LogP contribution in [-0.2, 0) is 12.4 Å². The molecule has 0 atom stereocenters. The van der Waals surface area contributed by atoms with Gasteiger partial charge in [0, 0.05) is 11.1 Å². The van der Waals surface area contributed by atoms with Crippen LogP contribution in [0.25, 0.3) is 0 Å². The zero-order chi connectivity index (χ0) is 13.1. The molecule has 1 heterocycles. The summed E-state index contributed by atoms with van der Waals surface area (Å²) in [5.41, 5.74) is 0.458. The normalized spacial score (nSPS) is 10.6. The summed E-state index contributed by atoms with van der Waals surface area (Å²) in [6, 6.07) is 4.51. The van der Waals surface area contributed by atoms with Crippen LogP contribution in [0.5, 0.6) is 0 Å². The quantitative estimate of drug-likeness (QED) is 0.492. The summed E-state index contributed by atoms with van der Waals surface area (Å²) in [5.74, 6) is 0.752. The summed E-state index contributed by atoms with van der Waals surface area (Å²) in [6.07, 6.45) is 1.36. The lowest BCUT2D eigenvalue weighted by Crippen LogP contribution is -2.07. The number of benzene rings is 1. The first-order valence-electron chi connectivity index (χ1n) is 4.97. The Labute approximate surface area is 112 Å². The number of nitrogens with zero attached hydrogens (tertiary/aromatic N) is 4. The average Bonchev–Trinajstić information content (AvgIpc) is 2.78. The molecule has 0 unspecified atom stereocenters. The molecule has 6 nitrogen and oxygen atoms in total. The van der Waals surface area contributed by atoms with Crippen LogP contribution in [0.4, 0.5) is 5.69 Å². The number of nitro benzene ring substituents is 1. The second-order valence-electron chi connectivity index (χ2n) is 3.50. The van der Waals surface area contributed by atoms with Crippen molar-refractivity contribution in [1.29, 1.82) is 0 Å². The van der Waals surface area contributed by atoms with Gasteiger partial charge in [-0.2, -0.15) is 5.10 Å². The van der Waals surface area contributed by atoms with Crippen molar-refractivity contribution >= 4 is 28.9 Å². The van der Waals surface area contributed by atoms with E-state index < -0.39 is 4.92 Å². The number of aromatic nitrogens is 3. The monoisotopic (exact) mass is 286 g/mol. The van der Waals surface area contributed by atoms with E-state index in [0.29, 0.717) is 16.4 Å². The van der Waals surface area contributed by atoms with Crippen molar-refractivity contribution in [3.05, 3.63) is 51.1 Å². The molecule has 0 saturated carbocycles. The molecule has 0 aliphatic carbocycles. The number of hydrogen-bond acceptors (Lipinski definition) is 4. The maximum Gasteiger partial charge on any atom is 0.275 e. The molecule has 0 N–H and O–H groups in total. The van der Waals surface area contributed by atoms with Gasteiger partial charge in [-0.05, 0) is 12.1 Å². The third-order valence-corrected chi connectivity index (χ3v) is 2.85. The molecule has 0 radical (unpaired) electrons. The van der Waals surface area contributed by atoms with Crippen molar-refractivity contribution in [2.24, 2.45) is 0 Å². The maximum atomic E-state index is 10.9. The summed E-state index contributed by atoms with van der Waals surface area (Å²) in [6.45, 7) is 0.232. The van der Waals surface area contributed by atoms with Gasteiger partial charge < -0.3 is 0 Å². The van der Waals surface area contributed by atoms with Gasteiger partial charge in [-0.15, -0.1) is 11.6 Å². The van der Waals surface area contributed by atoms with Crippen LogP contribution in [0, 0.1) is 10.1 Å². The predicted octanol–water partition coefficient (Wildman–Crippen LogP) is 2.63. The maximum absolute atomic E-state index is 10.9. The molecule has 0 bridgehead atoms.